The molecule has 0 unspecified atom stereocenters. The van der Waals surface area contributed by atoms with Gasteiger partial charge in [-0.3, -0.25) is 4.79 Å². The summed E-state index contributed by atoms with van der Waals surface area (Å²) in [5.74, 6) is 0.159. The van der Waals surface area contributed by atoms with Crippen LogP contribution in [-0.2, 0) is 16.0 Å². The minimum atomic E-state index is 0.159. The van der Waals surface area contributed by atoms with E-state index >= 15 is 0 Å². The number of anilines is 2. The maximum absolute atomic E-state index is 12.0. The standard InChI is InChI=1S/C13H18N2O2/c1-17-8-2-3-13(16)15-7-6-10-4-5-11(14)9-12(10)15/h4-5,9H,2-3,6-8,14H2,1H3. The Bertz CT molecular complexity index is 418. The lowest BCUT2D eigenvalue weighted by molar-refractivity contribution is -0.118. The molecule has 17 heavy (non-hydrogen) atoms. The summed E-state index contributed by atoms with van der Waals surface area (Å²) in [7, 11) is 1.65. The Morgan fingerprint density at radius 1 is 1.53 bits per heavy atom. The summed E-state index contributed by atoms with van der Waals surface area (Å²) < 4.78 is 4.95. The van der Waals surface area contributed by atoms with E-state index in [2.05, 4.69) is 0 Å². The first-order valence-corrected chi connectivity index (χ1v) is 5.90. The molecule has 0 bridgehead atoms. The molecule has 0 fully saturated rings. The first-order chi connectivity index (χ1) is 8.22. The van der Waals surface area contributed by atoms with Crippen LogP contribution in [0.15, 0.2) is 18.2 Å². The fourth-order valence-corrected chi connectivity index (χ4v) is 2.16. The Balaban J connectivity index is 2.05. The molecule has 4 heteroatoms. The molecule has 0 atom stereocenters. The van der Waals surface area contributed by atoms with Crippen LogP contribution in [0.5, 0.6) is 0 Å². The number of carbonyl (C=O) groups is 1. The van der Waals surface area contributed by atoms with Crippen molar-refractivity contribution in [2.75, 3.05) is 30.9 Å². The third kappa shape index (κ3) is 2.58. The number of nitrogens with two attached hydrogens (primary N) is 1. The third-order valence-corrected chi connectivity index (χ3v) is 3.05. The number of rotatable bonds is 4. The number of benzene rings is 1. The van der Waals surface area contributed by atoms with Crippen LogP contribution in [0.25, 0.3) is 0 Å². The average Bonchev–Trinajstić information content (AvgIpc) is 2.72. The molecule has 1 heterocycles. The Kier molecular flexibility index (Phi) is 3.64. The topological polar surface area (TPSA) is 55.6 Å². The second-order valence-electron chi connectivity index (χ2n) is 4.28. The van der Waals surface area contributed by atoms with Crippen molar-refractivity contribution in [1.82, 2.24) is 0 Å². The number of fused-ring (bicyclic) bond motifs is 1. The van der Waals surface area contributed by atoms with Crippen LogP contribution in [0, 0.1) is 0 Å². The number of hydrogen-bond acceptors (Lipinski definition) is 3. The quantitative estimate of drug-likeness (QED) is 0.635. The molecule has 0 aliphatic carbocycles. The molecular formula is C13H18N2O2. The van der Waals surface area contributed by atoms with E-state index in [0.29, 0.717) is 18.7 Å². The zero-order chi connectivity index (χ0) is 12.3. The van der Waals surface area contributed by atoms with Crippen molar-refractivity contribution in [1.29, 1.82) is 0 Å². The normalized spacial score (nSPS) is 13.8. The lowest BCUT2D eigenvalue weighted by atomic mass is 10.1. The van der Waals surface area contributed by atoms with Crippen molar-refractivity contribution < 1.29 is 9.53 Å². The zero-order valence-corrected chi connectivity index (χ0v) is 10.1. The third-order valence-electron chi connectivity index (χ3n) is 3.05. The Labute approximate surface area is 101 Å². The summed E-state index contributed by atoms with van der Waals surface area (Å²) in [6.07, 6.45) is 2.22. The number of ether oxygens (including phenoxy) is 1. The van der Waals surface area contributed by atoms with Gasteiger partial charge in [0.05, 0.1) is 0 Å². The van der Waals surface area contributed by atoms with Crippen molar-refractivity contribution in [3.05, 3.63) is 23.8 Å². The van der Waals surface area contributed by atoms with E-state index in [1.807, 2.05) is 23.1 Å². The van der Waals surface area contributed by atoms with Crippen LogP contribution in [-0.4, -0.2) is 26.2 Å². The molecule has 0 radical (unpaired) electrons. The number of methoxy groups -OCH3 is 1. The van der Waals surface area contributed by atoms with E-state index in [9.17, 15) is 4.79 Å². The van der Waals surface area contributed by atoms with Gasteiger partial charge in [0.2, 0.25) is 5.91 Å². The summed E-state index contributed by atoms with van der Waals surface area (Å²) in [5.41, 5.74) is 8.65. The highest BCUT2D eigenvalue weighted by molar-refractivity contribution is 5.96. The highest BCUT2D eigenvalue weighted by Crippen LogP contribution is 2.30. The summed E-state index contributed by atoms with van der Waals surface area (Å²) in [6, 6.07) is 5.78. The van der Waals surface area contributed by atoms with E-state index < -0.39 is 0 Å². The van der Waals surface area contributed by atoms with Gasteiger partial charge in [-0.25, -0.2) is 0 Å². The van der Waals surface area contributed by atoms with Crippen LogP contribution in [0.3, 0.4) is 0 Å². The largest absolute Gasteiger partial charge is 0.399 e. The molecule has 0 saturated carbocycles. The predicted molar refractivity (Wildman–Crippen MR) is 68.0 cm³/mol. The van der Waals surface area contributed by atoms with Crippen LogP contribution >= 0.6 is 0 Å². The minimum absolute atomic E-state index is 0.159. The summed E-state index contributed by atoms with van der Waals surface area (Å²) in [5, 5.41) is 0. The van der Waals surface area contributed by atoms with E-state index in [-0.39, 0.29) is 5.91 Å². The first kappa shape index (κ1) is 11.9. The lowest BCUT2D eigenvalue weighted by Crippen LogP contribution is -2.28. The van der Waals surface area contributed by atoms with Gasteiger partial charge >= 0.3 is 0 Å². The SMILES string of the molecule is COCCCC(=O)N1CCc2ccc(N)cc21. The van der Waals surface area contributed by atoms with Crippen LogP contribution in [0.1, 0.15) is 18.4 Å². The highest BCUT2D eigenvalue weighted by atomic mass is 16.5. The molecule has 2 N–H and O–H groups in total. The molecular weight excluding hydrogens is 216 g/mol. The molecule has 1 aromatic rings. The molecule has 92 valence electrons. The Hall–Kier alpha value is -1.55. The van der Waals surface area contributed by atoms with Crippen LogP contribution < -0.4 is 10.6 Å². The molecule has 4 nitrogen and oxygen atoms in total. The molecule has 1 aliphatic rings. The van der Waals surface area contributed by atoms with Gasteiger partial charge in [-0.2, -0.15) is 0 Å². The monoisotopic (exact) mass is 234 g/mol. The number of carbonyl (C=O) groups excluding carboxylic acids is 1. The molecule has 1 amide bonds. The van der Waals surface area contributed by atoms with E-state index in [1.165, 1.54) is 5.56 Å². The zero-order valence-electron chi connectivity index (χ0n) is 10.1. The van der Waals surface area contributed by atoms with Gasteiger partial charge in [0.1, 0.15) is 0 Å². The van der Waals surface area contributed by atoms with Gasteiger partial charge < -0.3 is 15.4 Å². The van der Waals surface area contributed by atoms with Crippen molar-refractivity contribution in [3.63, 3.8) is 0 Å². The lowest BCUT2D eigenvalue weighted by Gasteiger charge is -2.17. The molecule has 0 aromatic heterocycles. The van der Waals surface area contributed by atoms with Crippen molar-refractivity contribution in [2.24, 2.45) is 0 Å². The second-order valence-corrected chi connectivity index (χ2v) is 4.28. The fourth-order valence-electron chi connectivity index (χ4n) is 2.16. The van der Waals surface area contributed by atoms with Crippen molar-refractivity contribution in [3.8, 4) is 0 Å². The van der Waals surface area contributed by atoms with E-state index in [4.69, 9.17) is 10.5 Å². The number of hydrogen-bond donors (Lipinski definition) is 1. The summed E-state index contributed by atoms with van der Waals surface area (Å²) in [6.45, 7) is 1.40. The van der Waals surface area contributed by atoms with Gasteiger partial charge in [0, 0.05) is 38.1 Å². The van der Waals surface area contributed by atoms with Crippen molar-refractivity contribution >= 4 is 17.3 Å². The maximum atomic E-state index is 12.0. The fraction of sp³-hybridized carbons (Fsp3) is 0.462. The maximum Gasteiger partial charge on any atom is 0.227 e. The smallest absolute Gasteiger partial charge is 0.227 e. The summed E-state index contributed by atoms with van der Waals surface area (Å²) in [4.78, 5) is 13.9. The molecule has 0 saturated heterocycles. The molecule has 2 rings (SSSR count). The average molecular weight is 234 g/mol. The molecule has 0 spiro atoms. The van der Waals surface area contributed by atoms with Crippen LogP contribution in [0.4, 0.5) is 11.4 Å². The van der Waals surface area contributed by atoms with E-state index in [1.54, 1.807) is 7.11 Å². The van der Waals surface area contributed by atoms with Crippen LogP contribution in [0.2, 0.25) is 0 Å². The van der Waals surface area contributed by atoms with Gasteiger partial charge in [-0.1, -0.05) is 6.07 Å². The Morgan fingerprint density at radius 2 is 2.35 bits per heavy atom. The number of nitrogens with zero attached hydrogens (tertiary/aromatic N) is 1. The predicted octanol–water partition coefficient (Wildman–Crippen LogP) is 1.58. The van der Waals surface area contributed by atoms with E-state index in [0.717, 1.165) is 25.1 Å². The highest BCUT2D eigenvalue weighted by Gasteiger charge is 2.23. The van der Waals surface area contributed by atoms with Gasteiger partial charge in [0.15, 0.2) is 0 Å². The van der Waals surface area contributed by atoms with Crippen molar-refractivity contribution in [2.45, 2.75) is 19.3 Å². The second kappa shape index (κ2) is 5.19. The van der Waals surface area contributed by atoms with Gasteiger partial charge in [-0.15, -0.1) is 0 Å². The number of amides is 1. The molecule has 1 aromatic carbocycles. The minimum Gasteiger partial charge on any atom is -0.399 e. The summed E-state index contributed by atoms with van der Waals surface area (Å²) >= 11 is 0. The van der Waals surface area contributed by atoms with Gasteiger partial charge in [0.25, 0.3) is 0 Å². The first-order valence-electron chi connectivity index (χ1n) is 5.90. The molecule has 1 aliphatic heterocycles. The number of nitrogen functional groups attached to an aromatic ring is 1. The Morgan fingerprint density at radius 3 is 3.12 bits per heavy atom. The van der Waals surface area contributed by atoms with Gasteiger partial charge in [-0.05, 0) is 30.5 Å².